The number of para-hydroxylation sites is 1. The SMILES string of the molecule is Cc1[nH]c2ccccc2c1CN1CCN(CCO)CC1. The number of aliphatic hydroxyl groups is 1. The standard InChI is InChI=1S/C16H23N3O/c1-13-15(14-4-2-3-5-16(14)17-13)12-19-8-6-18(7-9-19)10-11-20/h2-5,17,20H,6-12H2,1H3. The average Bonchev–Trinajstić information content (AvgIpc) is 2.78. The maximum absolute atomic E-state index is 8.99. The molecular weight excluding hydrogens is 250 g/mol. The summed E-state index contributed by atoms with van der Waals surface area (Å²) >= 11 is 0. The summed E-state index contributed by atoms with van der Waals surface area (Å²) in [6.07, 6.45) is 0. The number of rotatable bonds is 4. The fraction of sp³-hybridized carbons (Fsp3) is 0.500. The minimum Gasteiger partial charge on any atom is -0.395 e. The Bertz CT molecular complexity index is 570. The first kappa shape index (κ1) is 13.6. The highest BCUT2D eigenvalue weighted by atomic mass is 16.3. The van der Waals surface area contributed by atoms with E-state index in [9.17, 15) is 0 Å². The number of hydrogen-bond donors (Lipinski definition) is 2. The van der Waals surface area contributed by atoms with Crippen molar-refractivity contribution >= 4 is 10.9 Å². The quantitative estimate of drug-likeness (QED) is 0.889. The maximum atomic E-state index is 8.99. The third-order valence-corrected chi connectivity index (χ3v) is 4.29. The maximum Gasteiger partial charge on any atom is 0.0558 e. The van der Waals surface area contributed by atoms with Gasteiger partial charge in [-0.25, -0.2) is 0 Å². The van der Waals surface area contributed by atoms with E-state index in [1.807, 2.05) is 0 Å². The molecule has 1 aliphatic rings. The molecule has 1 fully saturated rings. The summed E-state index contributed by atoms with van der Waals surface area (Å²) < 4.78 is 0. The first-order valence-electron chi connectivity index (χ1n) is 7.39. The number of piperazine rings is 1. The number of hydrogen-bond acceptors (Lipinski definition) is 3. The van der Waals surface area contributed by atoms with Crippen LogP contribution in [0.25, 0.3) is 10.9 Å². The van der Waals surface area contributed by atoms with E-state index < -0.39 is 0 Å². The van der Waals surface area contributed by atoms with Crippen LogP contribution in [0.4, 0.5) is 0 Å². The fourth-order valence-corrected chi connectivity index (χ4v) is 3.07. The molecule has 0 amide bonds. The molecule has 1 saturated heterocycles. The summed E-state index contributed by atoms with van der Waals surface area (Å²) in [6.45, 7) is 8.53. The molecule has 0 unspecified atom stereocenters. The number of aromatic nitrogens is 1. The summed E-state index contributed by atoms with van der Waals surface area (Å²) in [5.41, 5.74) is 3.94. The molecule has 1 aromatic heterocycles. The molecule has 4 nitrogen and oxygen atoms in total. The Balaban J connectivity index is 1.70. The Morgan fingerprint density at radius 1 is 1.10 bits per heavy atom. The van der Waals surface area contributed by atoms with Crippen LogP contribution >= 0.6 is 0 Å². The van der Waals surface area contributed by atoms with Crippen molar-refractivity contribution in [3.8, 4) is 0 Å². The number of aliphatic hydroxyl groups excluding tert-OH is 1. The van der Waals surface area contributed by atoms with E-state index in [1.165, 1.54) is 22.2 Å². The Hall–Kier alpha value is -1.36. The van der Waals surface area contributed by atoms with Gasteiger partial charge in [-0.3, -0.25) is 9.80 Å². The number of aromatic amines is 1. The van der Waals surface area contributed by atoms with Gasteiger partial charge in [-0.2, -0.15) is 0 Å². The summed E-state index contributed by atoms with van der Waals surface area (Å²) in [4.78, 5) is 8.32. The second kappa shape index (κ2) is 5.95. The van der Waals surface area contributed by atoms with Gasteiger partial charge in [-0.1, -0.05) is 18.2 Å². The van der Waals surface area contributed by atoms with Gasteiger partial charge in [-0.05, 0) is 18.6 Å². The second-order valence-corrected chi connectivity index (χ2v) is 5.62. The van der Waals surface area contributed by atoms with Crippen LogP contribution in [0.3, 0.4) is 0 Å². The fourth-order valence-electron chi connectivity index (χ4n) is 3.07. The van der Waals surface area contributed by atoms with Crippen LogP contribution in [-0.2, 0) is 6.54 Å². The number of β-amino-alcohol motifs (C(OH)–C–C–N with tert-alkyl or cyclic N) is 1. The van der Waals surface area contributed by atoms with Crippen molar-refractivity contribution in [3.63, 3.8) is 0 Å². The number of benzene rings is 1. The van der Waals surface area contributed by atoms with Gasteiger partial charge < -0.3 is 10.1 Å². The summed E-state index contributed by atoms with van der Waals surface area (Å²) in [5, 5.41) is 10.3. The van der Waals surface area contributed by atoms with E-state index in [4.69, 9.17) is 5.11 Å². The molecule has 0 aliphatic carbocycles. The molecular formula is C16H23N3O. The van der Waals surface area contributed by atoms with E-state index in [-0.39, 0.29) is 6.61 Å². The third-order valence-electron chi connectivity index (χ3n) is 4.29. The van der Waals surface area contributed by atoms with E-state index in [1.54, 1.807) is 0 Å². The molecule has 0 bridgehead atoms. The van der Waals surface area contributed by atoms with Crippen LogP contribution in [0, 0.1) is 6.92 Å². The average molecular weight is 273 g/mol. The third kappa shape index (κ3) is 2.73. The molecule has 2 N–H and O–H groups in total. The van der Waals surface area contributed by atoms with Crippen molar-refractivity contribution in [2.24, 2.45) is 0 Å². The molecule has 2 aromatic rings. The van der Waals surface area contributed by atoms with Crippen LogP contribution in [0.1, 0.15) is 11.3 Å². The topological polar surface area (TPSA) is 42.5 Å². The molecule has 2 heterocycles. The van der Waals surface area contributed by atoms with Crippen molar-refractivity contribution in [3.05, 3.63) is 35.5 Å². The van der Waals surface area contributed by atoms with Crippen molar-refractivity contribution < 1.29 is 5.11 Å². The Kier molecular flexibility index (Phi) is 4.05. The lowest BCUT2D eigenvalue weighted by atomic mass is 10.1. The van der Waals surface area contributed by atoms with Gasteiger partial charge in [-0.15, -0.1) is 0 Å². The molecule has 108 valence electrons. The Morgan fingerprint density at radius 2 is 1.80 bits per heavy atom. The van der Waals surface area contributed by atoms with Crippen LogP contribution in [0.15, 0.2) is 24.3 Å². The Morgan fingerprint density at radius 3 is 2.55 bits per heavy atom. The number of H-pyrrole nitrogens is 1. The monoisotopic (exact) mass is 273 g/mol. The lowest BCUT2D eigenvalue weighted by Gasteiger charge is -2.34. The highest BCUT2D eigenvalue weighted by Gasteiger charge is 2.18. The first-order valence-corrected chi connectivity index (χ1v) is 7.39. The highest BCUT2D eigenvalue weighted by molar-refractivity contribution is 5.84. The first-order chi connectivity index (χ1) is 9.78. The Labute approximate surface area is 120 Å². The van der Waals surface area contributed by atoms with Crippen molar-refractivity contribution in [1.82, 2.24) is 14.8 Å². The summed E-state index contributed by atoms with van der Waals surface area (Å²) in [6, 6.07) is 8.54. The van der Waals surface area contributed by atoms with Gasteiger partial charge in [0, 0.05) is 55.9 Å². The molecule has 0 radical (unpaired) electrons. The van der Waals surface area contributed by atoms with Gasteiger partial charge in [0.05, 0.1) is 6.61 Å². The molecule has 1 aliphatic heterocycles. The van der Waals surface area contributed by atoms with Gasteiger partial charge in [0.1, 0.15) is 0 Å². The zero-order chi connectivity index (χ0) is 13.9. The predicted molar refractivity (Wildman–Crippen MR) is 81.8 cm³/mol. The highest BCUT2D eigenvalue weighted by Crippen LogP contribution is 2.23. The van der Waals surface area contributed by atoms with Crippen molar-refractivity contribution in [2.45, 2.75) is 13.5 Å². The molecule has 20 heavy (non-hydrogen) atoms. The van der Waals surface area contributed by atoms with E-state index in [0.717, 1.165) is 39.3 Å². The van der Waals surface area contributed by atoms with E-state index in [2.05, 4.69) is 46.0 Å². The molecule has 4 heteroatoms. The zero-order valence-corrected chi connectivity index (χ0v) is 12.1. The summed E-state index contributed by atoms with van der Waals surface area (Å²) in [7, 11) is 0. The molecule has 0 atom stereocenters. The normalized spacial score (nSPS) is 17.9. The zero-order valence-electron chi connectivity index (χ0n) is 12.1. The lowest BCUT2D eigenvalue weighted by Crippen LogP contribution is -2.46. The predicted octanol–water partition coefficient (Wildman–Crippen LogP) is 1.59. The minimum atomic E-state index is 0.265. The van der Waals surface area contributed by atoms with Crippen molar-refractivity contribution in [2.75, 3.05) is 39.3 Å². The van der Waals surface area contributed by atoms with Crippen molar-refractivity contribution in [1.29, 1.82) is 0 Å². The van der Waals surface area contributed by atoms with Gasteiger partial charge >= 0.3 is 0 Å². The largest absolute Gasteiger partial charge is 0.395 e. The van der Waals surface area contributed by atoms with Gasteiger partial charge in [0.25, 0.3) is 0 Å². The molecule has 0 spiro atoms. The molecule has 3 rings (SSSR count). The number of aryl methyl sites for hydroxylation is 1. The molecule has 0 saturated carbocycles. The van der Waals surface area contributed by atoms with Crippen LogP contribution in [0.5, 0.6) is 0 Å². The van der Waals surface area contributed by atoms with E-state index >= 15 is 0 Å². The van der Waals surface area contributed by atoms with Crippen LogP contribution in [-0.4, -0.2) is 59.2 Å². The molecule has 1 aromatic carbocycles. The second-order valence-electron chi connectivity index (χ2n) is 5.62. The number of nitrogens with one attached hydrogen (secondary N) is 1. The lowest BCUT2D eigenvalue weighted by molar-refractivity contribution is 0.108. The smallest absolute Gasteiger partial charge is 0.0558 e. The summed E-state index contributed by atoms with van der Waals surface area (Å²) in [5.74, 6) is 0. The number of nitrogens with zero attached hydrogens (tertiary/aromatic N) is 2. The van der Waals surface area contributed by atoms with Gasteiger partial charge in [0.2, 0.25) is 0 Å². The van der Waals surface area contributed by atoms with Crippen LogP contribution < -0.4 is 0 Å². The van der Waals surface area contributed by atoms with Crippen LogP contribution in [0.2, 0.25) is 0 Å². The van der Waals surface area contributed by atoms with Gasteiger partial charge in [0.15, 0.2) is 0 Å². The number of fused-ring (bicyclic) bond motifs is 1. The minimum absolute atomic E-state index is 0.265. The van der Waals surface area contributed by atoms with E-state index in [0.29, 0.717) is 0 Å².